The van der Waals surface area contributed by atoms with Gasteiger partial charge in [0.2, 0.25) is 0 Å². The predicted octanol–water partition coefficient (Wildman–Crippen LogP) is 1.58. The van der Waals surface area contributed by atoms with Gasteiger partial charge in [0.1, 0.15) is 0 Å². The van der Waals surface area contributed by atoms with Crippen LogP contribution in [-0.2, 0) is 22.8 Å². The highest BCUT2D eigenvalue weighted by Gasteiger charge is 2.09. The van der Waals surface area contributed by atoms with Crippen molar-refractivity contribution in [3.63, 3.8) is 0 Å². The molecule has 0 fully saturated rings. The van der Waals surface area contributed by atoms with Crippen LogP contribution in [0.2, 0.25) is 0 Å². The molecule has 0 saturated heterocycles. The molecule has 0 aliphatic rings. The Hall–Kier alpha value is -1.33. The summed E-state index contributed by atoms with van der Waals surface area (Å²) in [6.45, 7) is 2.81. The van der Waals surface area contributed by atoms with Crippen LogP contribution < -0.4 is 5.73 Å². The van der Waals surface area contributed by atoms with E-state index in [-0.39, 0.29) is 11.5 Å². The summed E-state index contributed by atoms with van der Waals surface area (Å²) in [6, 6.07) is 8.24. The smallest absolute Gasteiger partial charge is 0.151 e. The number of hydrogen-bond acceptors (Lipinski definition) is 3. The van der Waals surface area contributed by atoms with Crippen molar-refractivity contribution < 1.29 is 8.42 Å². The molecule has 1 aromatic heterocycles. The van der Waals surface area contributed by atoms with Crippen molar-refractivity contribution in [2.45, 2.75) is 19.9 Å². The quantitative estimate of drug-likeness (QED) is 0.873. The van der Waals surface area contributed by atoms with E-state index in [9.17, 15) is 8.42 Å². The average Bonchev–Trinajstić information content (AvgIpc) is 2.79. The Labute approximate surface area is 114 Å². The van der Waals surface area contributed by atoms with Crippen molar-refractivity contribution in [1.29, 1.82) is 0 Å². The van der Waals surface area contributed by atoms with Gasteiger partial charge in [0.25, 0.3) is 0 Å². The summed E-state index contributed by atoms with van der Waals surface area (Å²) in [5.41, 5.74) is 7.83. The zero-order valence-corrected chi connectivity index (χ0v) is 12.0. The van der Waals surface area contributed by atoms with E-state index in [2.05, 4.69) is 18.2 Å². The molecule has 2 N–H and O–H groups in total. The van der Waals surface area contributed by atoms with Crippen molar-refractivity contribution >= 4 is 20.7 Å². The van der Waals surface area contributed by atoms with Gasteiger partial charge in [0, 0.05) is 24.0 Å². The molecule has 0 spiro atoms. The van der Waals surface area contributed by atoms with Gasteiger partial charge in [-0.3, -0.25) is 0 Å². The SMILES string of the molecule is CCS(=O)(=O)CCn1ccc2ccc(CCN)cc21. The maximum absolute atomic E-state index is 11.6. The van der Waals surface area contributed by atoms with Gasteiger partial charge < -0.3 is 10.3 Å². The summed E-state index contributed by atoms with van der Waals surface area (Å²) >= 11 is 0. The first-order valence-corrected chi connectivity index (χ1v) is 8.36. The van der Waals surface area contributed by atoms with Gasteiger partial charge in [0.15, 0.2) is 9.84 Å². The predicted molar refractivity (Wildman–Crippen MR) is 79.0 cm³/mol. The second-order valence-electron chi connectivity index (χ2n) is 4.68. The summed E-state index contributed by atoms with van der Waals surface area (Å²) in [7, 11) is -2.93. The van der Waals surface area contributed by atoms with Crippen LogP contribution in [0.3, 0.4) is 0 Å². The monoisotopic (exact) mass is 280 g/mol. The van der Waals surface area contributed by atoms with E-state index >= 15 is 0 Å². The van der Waals surface area contributed by atoms with E-state index in [0.29, 0.717) is 13.1 Å². The first kappa shape index (κ1) is 14.1. The van der Waals surface area contributed by atoms with Gasteiger partial charge in [-0.05, 0) is 36.0 Å². The third-order valence-corrected chi connectivity index (χ3v) is 5.04. The molecule has 2 rings (SSSR count). The molecule has 0 amide bonds. The highest BCUT2D eigenvalue weighted by Crippen LogP contribution is 2.18. The minimum atomic E-state index is -2.93. The van der Waals surface area contributed by atoms with Crippen LogP contribution >= 0.6 is 0 Å². The average molecular weight is 280 g/mol. The molecular weight excluding hydrogens is 260 g/mol. The Balaban J connectivity index is 2.25. The van der Waals surface area contributed by atoms with Crippen LogP contribution in [-0.4, -0.2) is 31.0 Å². The number of hydrogen-bond donors (Lipinski definition) is 1. The lowest BCUT2D eigenvalue weighted by atomic mass is 10.1. The molecule has 1 aromatic carbocycles. The fraction of sp³-hybridized carbons (Fsp3) is 0.429. The molecule has 0 radical (unpaired) electrons. The van der Waals surface area contributed by atoms with Crippen LogP contribution in [0.15, 0.2) is 30.5 Å². The van der Waals surface area contributed by atoms with E-state index in [1.54, 1.807) is 6.92 Å². The Morgan fingerprint density at radius 2 is 2.05 bits per heavy atom. The van der Waals surface area contributed by atoms with E-state index in [0.717, 1.165) is 17.3 Å². The Bertz CT molecular complexity index is 659. The Kier molecular flexibility index (Phi) is 4.27. The molecule has 0 aliphatic carbocycles. The highest BCUT2D eigenvalue weighted by molar-refractivity contribution is 7.91. The fourth-order valence-corrected chi connectivity index (χ4v) is 2.89. The topological polar surface area (TPSA) is 65.1 Å². The maximum atomic E-state index is 11.6. The molecular formula is C14H20N2O2S. The highest BCUT2D eigenvalue weighted by atomic mass is 32.2. The largest absolute Gasteiger partial charge is 0.346 e. The second kappa shape index (κ2) is 5.75. The fourth-order valence-electron chi connectivity index (χ4n) is 2.13. The third-order valence-electron chi connectivity index (χ3n) is 3.35. The summed E-state index contributed by atoms with van der Waals surface area (Å²) < 4.78 is 25.1. The van der Waals surface area contributed by atoms with Gasteiger partial charge >= 0.3 is 0 Å². The summed E-state index contributed by atoms with van der Waals surface area (Å²) in [4.78, 5) is 0. The van der Waals surface area contributed by atoms with Crippen LogP contribution in [0.4, 0.5) is 0 Å². The lowest BCUT2D eigenvalue weighted by Gasteiger charge is -2.07. The lowest BCUT2D eigenvalue weighted by Crippen LogP contribution is -2.14. The first-order valence-electron chi connectivity index (χ1n) is 6.54. The minimum Gasteiger partial charge on any atom is -0.346 e. The molecule has 0 saturated carbocycles. The number of aromatic nitrogens is 1. The standard InChI is InChI=1S/C14H20N2O2S/c1-2-19(17,18)10-9-16-8-6-13-4-3-12(5-7-15)11-14(13)16/h3-4,6,8,11H,2,5,7,9-10,15H2,1H3. The van der Waals surface area contributed by atoms with Crippen LogP contribution in [0, 0.1) is 0 Å². The van der Waals surface area contributed by atoms with Crippen LogP contribution in [0.1, 0.15) is 12.5 Å². The van der Waals surface area contributed by atoms with Gasteiger partial charge in [0.05, 0.1) is 5.75 Å². The summed E-state index contributed by atoms with van der Waals surface area (Å²) in [6.07, 6.45) is 2.79. The molecule has 19 heavy (non-hydrogen) atoms. The summed E-state index contributed by atoms with van der Waals surface area (Å²) in [5, 5.41) is 1.13. The molecule has 0 aliphatic heterocycles. The molecule has 1 heterocycles. The number of aryl methyl sites for hydroxylation is 1. The normalized spacial score (nSPS) is 12.1. The number of benzene rings is 1. The summed E-state index contributed by atoms with van der Waals surface area (Å²) in [5.74, 6) is 0.388. The van der Waals surface area contributed by atoms with Gasteiger partial charge in [-0.2, -0.15) is 0 Å². The number of nitrogens with two attached hydrogens (primary N) is 1. The third kappa shape index (κ3) is 3.36. The zero-order valence-electron chi connectivity index (χ0n) is 11.2. The number of fused-ring (bicyclic) bond motifs is 1. The first-order chi connectivity index (χ1) is 9.05. The van der Waals surface area contributed by atoms with E-state index < -0.39 is 9.84 Å². The molecule has 0 unspecified atom stereocenters. The van der Waals surface area contributed by atoms with Crippen molar-refractivity contribution in [2.24, 2.45) is 5.73 Å². The van der Waals surface area contributed by atoms with Crippen molar-refractivity contribution in [1.82, 2.24) is 4.57 Å². The van der Waals surface area contributed by atoms with Gasteiger partial charge in [-0.1, -0.05) is 19.1 Å². The zero-order chi connectivity index (χ0) is 13.9. The van der Waals surface area contributed by atoms with E-state index in [4.69, 9.17) is 5.73 Å². The molecule has 5 heteroatoms. The van der Waals surface area contributed by atoms with Gasteiger partial charge in [-0.15, -0.1) is 0 Å². The molecule has 4 nitrogen and oxygen atoms in total. The van der Waals surface area contributed by atoms with Crippen molar-refractivity contribution in [3.8, 4) is 0 Å². The van der Waals surface area contributed by atoms with Crippen LogP contribution in [0.25, 0.3) is 10.9 Å². The number of nitrogens with zero attached hydrogens (tertiary/aromatic N) is 1. The number of rotatable bonds is 6. The van der Waals surface area contributed by atoms with Crippen molar-refractivity contribution in [3.05, 3.63) is 36.0 Å². The molecule has 104 valence electrons. The Morgan fingerprint density at radius 3 is 2.74 bits per heavy atom. The number of sulfone groups is 1. The second-order valence-corrected chi connectivity index (χ2v) is 7.15. The van der Waals surface area contributed by atoms with E-state index in [1.165, 1.54) is 5.56 Å². The van der Waals surface area contributed by atoms with Gasteiger partial charge in [-0.25, -0.2) is 8.42 Å². The molecule has 2 aromatic rings. The van der Waals surface area contributed by atoms with Crippen LogP contribution in [0.5, 0.6) is 0 Å². The van der Waals surface area contributed by atoms with Crippen molar-refractivity contribution in [2.75, 3.05) is 18.1 Å². The van der Waals surface area contributed by atoms with E-state index in [1.807, 2.05) is 16.8 Å². The molecule has 0 atom stereocenters. The maximum Gasteiger partial charge on any atom is 0.151 e. The minimum absolute atomic E-state index is 0.189. The molecule has 0 bridgehead atoms. The Morgan fingerprint density at radius 1 is 1.26 bits per heavy atom. The lowest BCUT2D eigenvalue weighted by molar-refractivity contribution is 0.591.